The van der Waals surface area contributed by atoms with Crippen LogP contribution in [0, 0.1) is 20.8 Å². The maximum Gasteiger partial charge on any atom is 0.264 e. The van der Waals surface area contributed by atoms with Gasteiger partial charge in [-0.25, -0.2) is 31.5 Å². The van der Waals surface area contributed by atoms with E-state index in [1.54, 1.807) is 50.2 Å². The number of hydrogen-bond donors (Lipinski definition) is 2. The summed E-state index contributed by atoms with van der Waals surface area (Å²) in [5.74, 6) is -0.267. The molecule has 41 heavy (non-hydrogen) atoms. The molecule has 0 radical (unpaired) electrons. The summed E-state index contributed by atoms with van der Waals surface area (Å²) < 4.78 is 61.4. The van der Waals surface area contributed by atoms with Gasteiger partial charge in [-0.3, -0.25) is 9.10 Å². The topological polar surface area (TPSA) is 148 Å². The van der Waals surface area contributed by atoms with Crippen LogP contribution in [0.25, 0.3) is 0 Å². The second kappa shape index (κ2) is 11.9. The number of amides is 1. The maximum absolute atomic E-state index is 13.6. The molecule has 4 aromatic rings. The van der Waals surface area contributed by atoms with E-state index in [2.05, 4.69) is 20.0 Å². The van der Waals surface area contributed by atoms with E-state index in [-0.39, 0.29) is 27.1 Å². The van der Waals surface area contributed by atoms with E-state index in [4.69, 9.17) is 4.74 Å². The average Bonchev–Trinajstić information content (AvgIpc) is 2.91. The highest BCUT2D eigenvalue weighted by molar-refractivity contribution is 7.93. The normalized spacial score (nSPS) is 11.5. The second-order valence-corrected chi connectivity index (χ2v) is 12.7. The lowest BCUT2D eigenvalue weighted by molar-refractivity contribution is -0.114. The first kappa shape index (κ1) is 29.5. The van der Waals surface area contributed by atoms with Gasteiger partial charge in [-0.2, -0.15) is 0 Å². The summed E-state index contributed by atoms with van der Waals surface area (Å²) in [5.41, 5.74) is 2.62. The summed E-state index contributed by atoms with van der Waals surface area (Å²) in [6.07, 6.45) is 0. The third-order valence-electron chi connectivity index (χ3n) is 5.89. The van der Waals surface area contributed by atoms with Crippen LogP contribution >= 0.6 is 0 Å². The number of carbonyl (C=O) groups excluding carboxylic acids is 1. The van der Waals surface area contributed by atoms with E-state index in [1.807, 2.05) is 6.92 Å². The van der Waals surface area contributed by atoms with Crippen molar-refractivity contribution in [3.63, 3.8) is 0 Å². The highest BCUT2D eigenvalue weighted by Gasteiger charge is 2.28. The monoisotopic (exact) mass is 595 g/mol. The first-order valence-electron chi connectivity index (χ1n) is 12.4. The van der Waals surface area contributed by atoms with E-state index >= 15 is 0 Å². The van der Waals surface area contributed by atoms with Crippen LogP contribution in [0.4, 0.5) is 17.3 Å². The highest BCUT2D eigenvalue weighted by Crippen LogP contribution is 2.27. The van der Waals surface area contributed by atoms with Crippen LogP contribution in [0.5, 0.6) is 5.75 Å². The molecule has 3 aromatic carbocycles. The molecule has 11 nitrogen and oxygen atoms in total. The lowest BCUT2D eigenvalue weighted by Gasteiger charge is -2.24. The van der Waals surface area contributed by atoms with Gasteiger partial charge in [0.15, 0.2) is 0 Å². The number of rotatable bonds is 10. The number of aromatic nitrogens is 2. The first-order valence-corrected chi connectivity index (χ1v) is 15.3. The molecule has 0 aliphatic heterocycles. The van der Waals surface area contributed by atoms with Crippen molar-refractivity contribution in [2.75, 3.05) is 28.0 Å². The number of nitrogens with one attached hydrogen (secondary N) is 2. The molecular formula is C28H29N5O6S2. The summed E-state index contributed by atoms with van der Waals surface area (Å²) in [4.78, 5) is 21.2. The number of ether oxygens (including phenoxy) is 1. The molecule has 1 amide bonds. The number of benzene rings is 3. The molecular weight excluding hydrogens is 566 g/mol. The fourth-order valence-electron chi connectivity index (χ4n) is 3.92. The van der Waals surface area contributed by atoms with E-state index in [9.17, 15) is 21.6 Å². The van der Waals surface area contributed by atoms with E-state index in [0.717, 1.165) is 9.87 Å². The fourth-order valence-corrected chi connectivity index (χ4v) is 6.27. The minimum Gasteiger partial charge on any atom is -0.497 e. The van der Waals surface area contributed by atoms with E-state index in [1.165, 1.54) is 49.6 Å². The Morgan fingerprint density at radius 3 is 2.05 bits per heavy atom. The molecule has 0 aliphatic carbocycles. The van der Waals surface area contributed by atoms with Crippen LogP contribution in [0.3, 0.4) is 0 Å². The van der Waals surface area contributed by atoms with Crippen molar-refractivity contribution in [3.8, 4) is 5.75 Å². The van der Waals surface area contributed by atoms with Crippen molar-refractivity contribution < 1.29 is 26.4 Å². The summed E-state index contributed by atoms with van der Waals surface area (Å²) in [7, 11) is -6.66. The Morgan fingerprint density at radius 1 is 0.829 bits per heavy atom. The minimum absolute atomic E-state index is 0.0218. The Labute approximate surface area is 239 Å². The van der Waals surface area contributed by atoms with Gasteiger partial charge in [-0.15, -0.1) is 0 Å². The molecule has 13 heteroatoms. The molecule has 2 N–H and O–H groups in total. The molecule has 0 saturated heterocycles. The lowest BCUT2D eigenvalue weighted by Crippen LogP contribution is -2.38. The molecule has 1 aromatic heterocycles. The number of carbonyl (C=O) groups is 1. The predicted molar refractivity (Wildman–Crippen MR) is 156 cm³/mol. The summed E-state index contributed by atoms with van der Waals surface area (Å²) in [5, 5.41) is 2.63. The van der Waals surface area contributed by atoms with Gasteiger partial charge in [0.05, 0.1) is 22.6 Å². The Balaban J connectivity index is 1.54. The zero-order valence-corrected chi connectivity index (χ0v) is 24.5. The molecule has 0 bridgehead atoms. The number of aryl methyl sites for hydroxylation is 3. The first-order chi connectivity index (χ1) is 19.4. The Hall–Kier alpha value is -4.49. The van der Waals surface area contributed by atoms with E-state index in [0.29, 0.717) is 17.1 Å². The van der Waals surface area contributed by atoms with Gasteiger partial charge in [-0.1, -0.05) is 23.8 Å². The second-order valence-electron chi connectivity index (χ2n) is 9.18. The van der Waals surface area contributed by atoms with Crippen molar-refractivity contribution >= 4 is 43.3 Å². The third kappa shape index (κ3) is 7.18. The molecule has 0 saturated carbocycles. The molecule has 0 atom stereocenters. The molecule has 1 heterocycles. The van der Waals surface area contributed by atoms with Crippen LogP contribution in [-0.2, 0) is 24.8 Å². The lowest BCUT2D eigenvalue weighted by atomic mass is 10.2. The van der Waals surface area contributed by atoms with Crippen LogP contribution in [0.15, 0.2) is 88.7 Å². The molecule has 0 fully saturated rings. The minimum atomic E-state index is -4.13. The van der Waals surface area contributed by atoms with Crippen molar-refractivity contribution in [3.05, 3.63) is 95.8 Å². The predicted octanol–water partition coefficient (Wildman–Crippen LogP) is 4.05. The number of nitrogens with zero attached hydrogens (tertiary/aromatic N) is 3. The van der Waals surface area contributed by atoms with Crippen molar-refractivity contribution in [2.45, 2.75) is 30.6 Å². The van der Waals surface area contributed by atoms with Crippen molar-refractivity contribution in [2.24, 2.45) is 0 Å². The molecule has 4 rings (SSSR count). The highest BCUT2D eigenvalue weighted by atomic mass is 32.2. The van der Waals surface area contributed by atoms with Gasteiger partial charge in [0, 0.05) is 23.1 Å². The third-order valence-corrected chi connectivity index (χ3v) is 9.03. The van der Waals surface area contributed by atoms with Gasteiger partial charge in [-0.05, 0) is 75.4 Å². The number of sulfonamides is 2. The van der Waals surface area contributed by atoms with Gasteiger partial charge < -0.3 is 10.1 Å². The van der Waals surface area contributed by atoms with Crippen LogP contribution in [0.2, 0.25) is 0 Å². The van der Waals surface area contributed by atoms with Crippen molar-refractivity contribution in [1.82, 2.24) is 9.97 Å². The number of hydrogen-bond acceptors (Lipinski definition) is 8. The molecule has 0 spiro atoms. The molecule has 0 aliphatic rings. The van der Waals surface area contributed by atoms with Gasteiger partial charge >= 0.3 is 0 Å². The number of anilines is 3. The smallest absolute Gasteiger partial charge is 0.264 e. The molecule has 0 unspecified atom stereocenters. The maximum atomic E-state index is 13.6. The zero-order valence-electron chi connectivity index (χ0n) is 22.8. The zero-order chi connectivity index (χ0) is 29.8. The largest absolute Gasteiger partial charge is 0.497 e. The number of methoxy groups -OCH3 is 1. The van der Waals surface area contributed by atoms with Gasteiger partial charge in [0.2, 0.25) is 11.9 Å². The van der Waals surface area contributed by atoms with Crippen LogP contribution in [0.1, 0.15) is 17.0 Å². The average molecular weight is 596 g/mol. The van der Waals surface area contributed by atoms with Crippen LogP contribution in [-0.4, -0.2) is 46.4 Å². The Bertz CT molecular complexity index is 1760. The van der Waals surface area contributed by atoms with Crippen molar-refractivity contribution in [1.29, 1.82) is 0 Å². The van der Waals surface area contributed by atoms with E-state index < -0.39 is 32.5 Å². The SMILES string of the molecule is COc1cccc(N(CC(=O)Nc2ccc(S(=O)(=O)Nc3nc(C)cc(C)n3)cc2)S(=O)(=O)c2ccc(C)cc2)c1. The standard InChI is InChI=1S/C28H29N5O6S2/c1-19-8-12-26(13-9-19)41(37,38)33(23-6-5-7-24(17-23)39-4)18-27(34)31-22-10-14-25(15-11-22)40(35,36)32-28-29-20(2)16-21(3)30-28/h5-17H,18H2,1-4H3,(H,31,34)(H,29,30,32). The Morgan fingerprint density at radius 2 is 1.44 bits per heavy atom. The summed E-state index contributed by atoms with van der Waals surface area (Å²) in [6, 6.07) is 19.8. The quantitative estimate of drug-likeness (QED) is 0.279. The fraction of sp³-hybridized carbons (Fsp3) is 0.179. The summed E-state index contributed by atoms with van der Waals surface area (Å²) in [6.45, 7) is 4.75. The molecule has 214 valence electrons. The summed E-state index contributed by atoms with van der Waals surface area (Å²) >= 11 is 0. The van der Waals surface area contributed by atoms with Crippen LogP contribution < -0.4 is 19.1 Å². The van der Waals surface area contributed by atoms with Gasteiger partial charge in [0.25, 0.3) is 20.0 Å². The van der Waals surface area contributed by atoms with Gasteiger partial charge in [0.1, 0.15) is 12.3 Å². The Kier molecular flexibility index (Phi) is 8.59.